The van der Waals surface area contributed by atoms with Gasteiger partial charge in [-0.2, -0.15) is 13.2 Å². The number of carbonyl (C=O) groups excluding carboxylic acids is 3. The fourth-order valence-corrected chi connectivity index (χ4v) is 2.06. The number of ether oxygens (including phenoxy) is 4. The first-order valence-electron chi connectivity index (χ1n) is 9.36. The summed E-state index contributed by atoms with van der Waals surface area (Å²) in [6.07, 6.45) is -7.88. The predicted octanol–water partition coefficient (Wildman–Crippen LogP) is 4.67. The van der Waals surface area contributed by atoms with E-state index in [2.05, 4.69) is 0 Å². The molecule has 1 aromatic carbocycles. The van der Waals surface area contributed by atoms with E-state index in [9.17, 15) is 31.9 Å². The molecule has 0 atom stereocenters. The lowest BCUT2D eigenvalue weighted by Crippen LogP contribution is -2.37. The van der Waals surface area contributed by atoms with Gasteiger partial charge in [-0.25, -0.2) is 14.0 Å². The molecule has 1 N–H and O–H groups in total. The average molecular weight is 466 g/mol. The molecule has 0 aromatic heterocycles. The third-order valence-corrected chi connectivity index (χ3v) is 3.22. The summed E-state index contributed by atoms with van der Waals surface area (Å²) in [4.78, 5) is 34.8. The number of rotatable bonds is 5. The molecular formula is C20H25F4NO7. The van der Waals surface area contributed by atoms with Gasteiger partial charge in [-0.05, 0) is 59.6 Å². The Kier molecular flexibility index (Phi) is 8.47. The highest BCUT2D eigenvalue weighted by molar-refractivity contribution is 5.81. The van der Waals surface area contributed by atoms with E-state index in [1.54, 1.807) is 46.9 Å². The van der Waals surface area contributed by atoms with E-state index in [1.165, 1.54) is 0 Å². The van der Waals surface area contributed by atoms with Crippen molar-refractivity contribution in [3.05, 3.63) is 23.5 Å². The first-order chi connectivity index (χ1) is 14.4. The van der Waals surface area contributed by atoms with E-state index in [-0.39, 0.29) is 12.0 Å². The number of benzene rings is 1. The Morgan fingerprint density at radius 1 is 0.844 bits per heavy atom. The molecule has 0 bridgehead atoms. The number of halogens is 4. The van der Waals surface area contributed by atoms with Crippen LogP contribution in [0, 0.1) is 5.82 Å². The van der Waals surface area contributed by atoms with Crippen LogP contribution in [0.25, 0.3) is 0 Å². The van der Waals surface area contributed by atoms with Crippen LogP contribution in [0.3, 0.4) is 0 Å². The lowest BCUT2D eigenvalue weighted by Gasteiger charge is -2.21. The largest absolute Gasteiger partial charge is 0.514 e. The molecule has 0 unspecified atom stereocenters. The van der Waals surface area contributed by atoms with Crippen molar-refractivity contribution in [1.29, 1.82) is 0 Å². The number of carbonyl (C=O) groups is 3. The van der Waals surface area contributed by atoms with Crippen LogP contribution in [0.1, 0.15) is 47.1 Å². The molecule has 1 rings (SSSR count). The van der Waals surface area contributed by atoms with Crippen LogP contribution in [0.4, 0.5) is 27.2 Å². The second-order valence-electron chi connectivity index (χ2n) is 8.53. The summed E-state index contributed by atoms with van der Waals surface area (Å²) in [6, 6.07) is 1.64. The summed E-state index contributed by atoms with van der Waals surface area (Å²) in [5.41, 5.74) is -2.09. The van der Waals surface area contributed by atoms with Gasteiger partial charge in [0.25, 0.3) is 0 Å². The van der Waals surface area contributed by atoms with Crippen LogP contribution < -0.4 is 14.8 Å². The molecule has 1 aromatic rings. The van der Waals surface area contributed by atoms with Crippen molar-refractivity contribution in [2.24, 2.45) is 0 Å². The summed E-state index contributed by atoms with van der Waals surface area (Å²) >= 11 is 0. The van der Waals surface area contributed by atoms with Crippen LogP contribution >= 0.6 is 0 Å². The molecular weight excluding hydrogens is 441 g/mol. The molecule has 180 valence electrons. The van der Waals surface area contributed by atoms with Crippen molar-refractivity contribution in [2.45, 2.75) is 65.3 Å². The lowest BCUT2D eigenvalue weighted by atomic mass is 10.1. The number of amides is 1. The summed E-state index contributed by atoms with van der Waals surface area (Å²) in [5, 5.41) is 1.59. The SMILES string of the molecule is CC(C)(C)OC(=O)Oc1cc([18F])c(CCNC(=O)C(F)(F)F)cc1OC(=O)OC(C)(C)C. The molecule has 0 heterocycles. The Hall–Kier alpha value is -3.05. The van der Waals surface area contributed by atoms with E-state index >= 15 is 0 Å². The second-order valence-corrected chi connectivity index (χ2v) is 8.53. The smallest absolute Gasteiger partial charge is 0.428 e. The second kappa shape index (κ2) is 10.0. The zero-order valence-corrected chi connectivity index (χ0v) is 18.4. The Balaban J connectivity index is 3.12. The van der Waals surface area contributed by atoms with Crippen molar-refractivity contribution in [3.8, 4) is 11.5 Å². The van der Waals surface area contributed by atoms with Gasteiger partial charge in [0.1, 0.15) is 17.0 Å². The number of hydrogen-bond acceptors (Lipinski definition) is 7. The highest BCUT2D eigenvalue weighted by Gasteiger charge is 2.38. The number of alkyl halides is 3. The molecule has 1 amide bonds. The van der Waals surface area contributed by atoms with Crippen LogP contribution in [0.15, 0.2) is 12.1 Å². The normalized spacial score (nSPS) is 12.1. The predicted molar refractivity (Wildman–Crippen MR) is 103 cm³/mol. The third-order valence-electron chi connectivity index (χ3n) is 3.22. The van der Waals surface area contributed by atoms with Crippen molar-refractivity contribution >= 4 is 18.2 Å². The first kappa shape index (κ1) is 27.0. The highest BCUT2D eigenvalue weighted by atomic mass is 19.4. The standard InChI is InChI=1S/C20H25F4NO7/c1-18(2,3)31-16(27)29-13-9-11(7-8-25-15(26)20(22,23)24)12(21)10-14(13)30-17(28)32-19(4,5)6/h9-10H,7-8H2,1-6H3,(H,25,26)/i21-1. The Morgan fingerprint density at radius 2 is 1.28 bits per heavy atom. The molecule has 0 fully saturated rings. The van der Waals surface area contributed by atoms with E-state index < -0.39 is 59.5 Å². The number of hydrogen-bond donors (Lipinski definition) is 1. The molecule has 12 heteroatoms. The van der Waals surface area contributed by atoms with Crippen molar-refractivity contribution in [3.63, 3.8) is 0 Å². The van der Waals surface area contributed by atoms with Gasteiger partial charge in [0.05, 0.1) is 0 Å². The van der Waals surface area contributed by atoms with Gasteiger partial charge in [0.2, 0.25) is 0 Å². The molecule has 0 radical (unpaired) electrons. The maximum Gasteiger partial charge on any atom is 0.514 e. The summed E-state index contributed by atoms with van der Waals surface area (Å²) in [6.45, 7) is 8.80. The van der Waals surface area contributed by atoms with Gasteiger partial charge in [0.15, 0.2) is 11.5 Å². The quantitative estimate of drug-likeness (QED) is 0.382. The minimum absolute atomic E-state index is 0.220. The fourth-order valence-electron chi connectivity index (χ4n) is 2.06. The van der Waals surface area contributed by atoms with Crippen LogP contribution in [-0.4, -0.2) is 42.1 Å². The summed E-state index contributed by atoms with van der Waals surface area (Å²) < 4.78 is 71.1. The van der Waals surface area contributed by atoms with Gasteiger partial charge in [0, 0.05) is 12.6 Å². The van der Waals surface area contributed by atoms with Crippen molar-refractivity contribution < 1.29 is 50.9 Å². The molecule has 0 aliphatic rings. The molecule has 0 aliphatic heterocycles. The van der Waals surface area contributed by atoms with Gasteiger partial charge >= 0.3 is 24.4 Å². The molecule has 32 heavy (non-hydrogen) atoms. The van der Waals surface area contributed by atoms with E-state index in [0.717, 1.165) is 6.07 Å². The van der Waals surface area contributed by atoms with E-state index in [0.29, 0.717) is 6.07 Å². The van der Waals surface area contributed by atoms with Crippen molar-refractivity contribution in [2.75, 3.05) is 6.54 Å². The highest BCUT2D eigenvalue weighted by Crippen LogP contribution is 2.32. The maximum absolute atomic E-state index is 14.4. The Morgan fingerprint density at radius 3 is 1.69 bits per heavy atom. The monoisotopic (exact) mass is 466 g/mol. The van der Waals surface area contributed by atoms with E-state index in [4.69, 9.17) is 18.9 Å². The van der Waals surface area contributed by atoms with Crippen LogP contribution in [-0.2, 0) is 20.7 Å². The molecule has 0 aliphatic carbocycles. The van der Waals surface area contributed by atoms with Crippen LogP contribution in [0.5, 0.6) is 11.5 Å². The average Bonchev–Trinajstić information content (AvgIpc) is 2.53. The topological polar surface area (TPSA) is 100 Å². The van der Waals surface area contributed by atoms with Crippen LogP contribution in [0.2, 0.25) is 0 Å². The summed E-state index contributed by atoms with van der Waals surface area (Å²) in [7, 11) is 0. The third kappa shape index (κ3) is 9.84. The molecule has 0 saturated carbocycles. The Bertz CT molecular complexity index is 855. The van der Waals surface area contributed by atoms with Crippen molar-refractivity contribution in [1.82, 2.24) is 5.32 Å². The Labute approximate surface area is 182 Å². The minimum atomic E-state index is -5.09. The minimum Gasteiger partial charge on any atom is -0.428 e. The molecule has 8 nitrogen and oxygen atoms in total. The maximum atomic E-state index is 14.4. The zero-order valence-electron chi connectivity index (χ0n) is 18.4. The van der Waals surface area contributed by atoms with Gasteiger partial charge in [-0.1, -0.05) is 0 Å². The first-order valence-corrected chi connectivity index (χ1v) is 9.36. The number of nitrogens with one attached hydrogen (secondary N) is 1. The fraction of sp³-hybridized carbons (Fsp3) is 0.550. The van der Waals surface area contributed by atoms with Gasteiger partial charge in [-0.15, -0.1) is 0 Å². The van der Waals surface area contributed by atoms with E-state index in [1.807, 2.05) is 0 Å². The lowest BCUT2D eigenvalue weighted by molar-refractivity contribution is -0.173. The summed E-state index contributed by atoms with van der Waals surface area (Å²) in [5.74, 6) is -4.14. The zero-order chi connectivity index (χ0) is 24.9. The molecule has 0 spiro atoms. The van der Waals surface area contributed by atoms with Gasteiger partial charge in [-0.3, -0.25) is 4.79 Å². The van der Waals surface area contributed by atoms with Gasteiger partial charge < -0.3 is 24.3 Å². The molecule has 0 saturated heterocycles.